The van der Waals surface area contributed by atoms with Gasteiger partial charge in [0.05, 0.1) is 5.60 Å². The lowest BCUT2D eigenvalue weighted by molar-refractivity contribution is -0.156. The number of piperidine rings is 1. The van der Waals surface area contributed by atoms with E-state index in [9.17, 15) is 18.7 Å². The molecule has 4 rings (SSSR count). The minimum absolute atomic E-state index is 0.0427. The largest absolute Gasteiger partial charge is 0.481 e. The monoisotopic (exact) mass is 401 g/mol. The van der Waals surface area contributed by atoms with Gasteiger partial charge in [-0.1, -0.05) is 43.2 Å². The van der Waals surface area contributed by atoms with Gasteiger partial charge in [-0.25, -0.2) is 8.78 Å². The summed E-state index contributed by atoms with van der Waals surface area (Å²) in [4.78, 5) is 14.7. The van der Waals surface area contributed by atoms with Gasteiger partial charge in [-0.3, -0.25) is 4.79 Å². The Labute approximate surface area is 169 Å². The molecule has 4 nitrogen and oxygen atoms in total. The van der Waals surface area contributed by atoms with Crippen LogP contribution in [-0.2, 0) is 10.4 Å². The molecule has 29 heavy (non-hydrogen) atoms. The Morgan fingerprint density at radius 1 is 1.14 bits per heavy atom. The van der Waals surface area contributed by atoms with Crippen LogP contribution < -0.4 is 4.74 Å². The fourth-order valence-corrected chi connectivity index (χ4v) is 4.89. The summed E-state index contributed by atoms with van der Waals surface area (Å²) < 4.78 is 32.1. The maximum Gasteiger partial charge on any atom is 0.260 e. The van der Waals surface area contributed by atoms with Crippen molar-refractivity contribution >= 4 is 5.91 Å². The number of aliphatic hydroxyl groups is 1. The molecule has 1 saturated carbocycles. The zero-order valence-electron chi connectivity index (χ0n) is 16.2. The van der Waals surface area contributed by atoms with Crippen LogP contribution in [-0.4, -0.2) is 35.1 Å². The zero-order valence-corrected chi connectivity index (χ0v) is 16.2. The van der Waals surface area contributed by atoms with E-state index in [0.29, 0.717) is 13.0 Å². The highest BCUT2D eigenvalue weighted by atomic mass is 19.1. The molecule has 1 aliphatic carbocycles. The Morgan fingerprint density at radius 2 is 1.90 bits per heavy atom. The Hall–Kier alpha value is -2.47. The Kier molecular flexibility index (Phi) is 5.54. The molecule has 0 unspecified atom stereocenters. The summed E-state index contributed by atoms with van der Waals surface area (Å²) >= 11 is 0. The number of carbonyl (C=O) groups is 1. The van der Waals surface area contributed by atoms with Crippen LogP contribution in [0, 0.1) is 17.6 Å². The van der Waals surface area contributed by atoms with Gasteiger partial charge < -0.3 is 14.7 Å². The van der Waals surface area contributed by atoms with Crippen molar-refractivity contribution in [1.29, 1.82) is 0 Å². The molecular formula is C23H25F2NO3. The molecule has 1 amide bonds. The van der Waals surface area contributed by atoms with Gasteiger partial charge in [0, 0.05) is 24.6 Å². The van der Waals surface area contributed by atoms with E-state index >= 15 is 0 Å². The van der Waals surface area contributed by atoms with Crippen LogP contribution in [0.2, 0.25) is 0 Å². The van der Waals surface area contributed by atoms with Crippen LogP contribution >= 0.6 is 0 Å². The smallest absolute Gasteiger partial charge is 0.260 e. The van der Waals surface area contributed by atoms with Crippen LogP contribution in [0.5, 0.6) is 5.75 Å². The summed E-state index contributed by atoms with van der Waals surface area (Å²) in [6.07, 6.45) is 4.16. The van der Waals surface area contributed by atoms with Gasteiger partial charge >= 0.3 is 0 Å². The molecule has 2 aromatic rings. The second-order valence-corrected chi connectivity index (χ2v) is 7.95. The van der Waals surface area contributed by atoms with Gasteiger partial charge in [0.25, 0.3) is 5.91 Å². The average Bonchev–Trinajstić information content (AvgIpc) is 2.74. The maximum absolute atomic E-state index is 13.8. The fraction of sp³-hybridized carbons (Fsp3) is 0.435. The molecule has 3 atom stereocenters. The van der Waals surface area contributed by atoms with Gasteiger partial charge in [0.1, 0.15) is 5.82 Å². The molecule has 0 aromatic heterocycles. The van der Waals surface area contributed by atoms with Crippen LogP contribution in [0.4, 0.5) is 8.78 Å². The lowest BCUT2D eigenvalue weighted by Gasteiger charge is -2.52. The second-order valence-electron chi connectivity index (χ2n) is 7.95. The molecule has 1 aliphatic heterocycles. The molecule has 0 bridgehead atoms. The standard InChI is InChI=1S/C23H25F2NO3/c24-17-10-11-21(19(25)14-17)29-15-22(27)26-13-12-23(28,16-6-2-1-3-7-16)18-8-4-5-9-20(18)26/h1-3,6-7,10-11,14,18,20,28H,4-5,8-9,12-13,15H2/t18-,20+,23+/m0/s1. The quantitative estimate of drug-likeness (QED) is 0.842. The number of fused-ring (bicyclic) bond motifs is 1. The number of ether oxygens (including phenoxy) is 1. The van der Waals surface area contributed by atoms with Gasteiger partial charge in [0.2, 0.25) is 0 Å². The first-order valence-corrected chi connectivity index (χ1v) is 10.1. The number of nitrogens with zero attached hydrogens (tertiary/aromatic N) is 1. The second kappa shape index (κ2) is 8.11. The average molecular weight is 401 g/mol. The van der Waals surface area contributed by atoms with E-state index in [0.717, 1.165) is 43.4 Å². The number of rotatable bonds is 4. The number of hydrogen-bond acceptors (Lipinski definition) is 3. The molecule has 6 heteroatoms. The zero-order chi connectivity index (χ0) is 20.4. The topological polar surface area (TPSA) is 49.8 Å². The SMILES string of the molecule is O=C(COc1ccc(F)cc1F)N1CC[C@@](O)(c2ccccc2)[C@H]2CCCC[C@H]21. The van der Waals surface area contributed by atoms with Crippen molar-refractivity contribution in [3.8, 4) is 5.75 Å². The third-order valence-corrected chi connectivity index (χ3v) is 6.32. The van der Waals surface area contributed by atoms with Gasteiger partial charge in [0.15, 0.2) is 18.2 Å². The molecule has 0 radical (unpaired) electrons. The lowest BCUT2D eigenvalue weighted by atomic mass is 9.66. The van der Waals surface area contributed by atoms with Crippen molar-refractivity contribution in [1.82, 2.24) is 4.90 Å². The highest BCUT2D eigenvalue weighted by molar-refractivity contribution is 5.78. The third kappa shape index (κ3) is 3.86. The van der Waals surface area contributed by atoms with Crippen molar-refractivity contribution in [2.45, 2.75) is 43.7 Å². The first kappa shape index (κ1) is 19.8. The van der Waals surface area contributed by atoms with E-state index in [4.69, 9.17) is 4.74 Å². The summed E-state index contributed by atoms with van der Waals surface area (Å²) in [7, 11) is 0. The molecule has 2 aliphatic rings. The molecule has 1 saturated heterocycles. The minimum atomic E-state index is -0.951. The van der Waals surface area contributed by atoms with Gasteiger partial charge in [-0.15, -0.1) is 0 Å². The minimum Gasteiger partial charge on any atom is -0.481 e. The van der Waals surface area contributed by atoms with Gasteiger partial charge in [-0.05, 0) is 37.0 Å². The van der Waals surface area contributed by atoms with E-state index in [1.165, 1.54) is 6.07 Å². The van der Waals surface area contributed by atoms with Crippen molar-refractivity contribution in [2.24, 2.45) is 5.92 Å². The van der Waals surface area contributed by atoms with Crippen LogP contribution in [0.25, 0.3) is 0 Å². The Bertz CT molecular complexity index is 876. The summed E-state index contributed by atoms with van der Waals surface area (Å²) in [5.74, 6) is -1.94. The number of carbonyl (C=O) groups excluding carboxylic acids is 1. The van der Waals surface area contributed by atoms with Gasteiger partial charge in [-0.2, -0.15) is 0 Å². The third-order valence-electron chi connectivity index (χ3n) is 6.32. The first-order valence-electron chi connectivity index (χ1n) is 10.1. The molecule has 2 fully saturated rings. The molecule has 154 valence electrons. The van der Waals surface area contributed by atoms with Crippen LogP contribution in [0.1, 0.15) is 37.7 Å². The number of benzene rings is 2. The normalized spacial score (nSPS) is 26.7. The first-order chi connectivity index (χ1) is 14.0. The van der Waals surface area contributed by atoms with Crippen molar-refractivity contribution in [3.05, 3.63) is 65.7 Å². The Morgan fingerprint density at radius 3 is 2.66 bits per heavy atom. The van der Waals surface area contributed by atoms with Crippen molar-refractivity contribution in [2.75, 3.05) is 13.2 Å². The van der Waals surface area contributed by atoms with E-state index in [-0.39, 0.29) is 30.2 Å². The highest BCUT2D eigenvalue weighted by Gasteiger charge is 2.50. The molecule has 1 heterocycles. The number of halogens is 2. The molecule has 0 spiro atoms. The number of likely N-dealkylation sites (tertiary alicyclic amines) is 1. The van der Waals surface area contributed by atoms with Crippen LogP contribution in [0.3, 0.4) is 0 Å². The molecule has 2 aromatic carbocycles. The summed E-state index contributed by atoms with van der Waals surface area (Å²) in [6, 6.07) is 12.6. The predicted octanol–water partition coefficient (Wildman–Crippen LogP) is 4.02. The summed E-state index contributed by atoms with van der Waals surface area (Å²) in [5.41, 5.74) is -0.0545. The van der Waals surface area contributed by atoms with Crippen LogP contribution in [0.15, 0.2) is 48.5 Å². The van der Waals surface area contributed by atoms with Crippen molar-refractivity contribution in [3.63, 3.8) is 0 Å². The predicted molar refractivity (Wildman–Crippen MR) is 104 cm³/mol. The number of amides is 1. The summed E-state index contributed by atoms with van der Waals surface area (Å²) in [5, 5.41) is 11.6. The summed E-state index contributed by atoms with van der Waals surface area (Å²) in [6.45, 7) is 0.107. The number of hydrogen-bond donors (Lipinski definition) is 1. The maximum atomic E-state index is 13.8. The van der Waals surface area contributed by atoms with E-state index in [2.05, 4.69) is 0 Å². The van der Waals surface area contributed by atoms with E-state index in [1.807, 2.05) is 30.3 Å². The van der Waals surface area contributed by atoms with E-state index < -0.39 is 17.2 Å². The molecule has 1 N–H and O–H groups in total. The van der Waals surface area contributed by atoms with Crippen molar-refractivity contribution < 1.29 is 23.4 Å². The molecular weight excluding hydrogens is 376 g/mol. The Balaban J connectivity index is 1.49. The van der Waals surface area contributed by atoms with E-state index in [1.54, 1.807) is 4.90 Å². The lowest BCUT2D eigenvalue weighted by Crippen LogP contribution is -2.59. The fourth-order valence-electron chi connectivity index (χ4n) is 4.89. The highest BCUT2D eigenvalue weighted by Crippen LogP contribution is 2.46.